The predicted molar refractivity (Wildman–Crippen MR) is 65.0 cm³/mol. The highest BCUT2D eigenvalue weighted by Gasteiger charge is 2.33. The SMILES string of the molecule is CC(N)c1ccc(N2CC(C)(C)C2)cc1. The molecule has 1 atom stereocenters. The standard InChI is InChI=1S/C13H20N2/c1-10(14)11-4-6-12(7-5-11)15-8-13(2,3)9-15/h4-7,10H,8-9,14H2,1-3H3. The predicted octanol–water partition coefficient (Wildman–Crippen LogP) is 2.55. The zero-order valence-electron chi connectivity index (χ0n) is 9.83. The molecular weight excluding hydrogens is 184 g/mol. The van der Waals surface area contributed by atoms with Crippen molar-refractivity contribution in [2.75, 3.05) is 18.0 Å². The molecular formula is C13H20N2. The molecule has 0 radical (unpaired) electrons. The first kappa shape index (κ1) is 10.5. The summed E-state index contributed by atoms with van der Waals surface area (Å²) in [5.41, 5.74) is 8.83. The van der Waals surface area contributed by atoms with Crippen LogP contribution in [0, 0.1) is 5.41 Å². The molecule has 0 spiro atoms. The van der Waals surface area contributed by atoms with Crippen molar-refractivity contribution in [1.29, 1.82) is 0 Å². The summed E-state index contributed by atoms with van der Waals surface area (Å²) < 4.78 is 0. The molecule has 0 amide bonds. The first-order chi connectivity index (χ1) is 6.98. The summed E-state index contributed by atoms with van der Waals surface area (Å²) in [6.07, 6.45) is 0. The fourth-order valence-electron chi connectivity index (χ4n) is 2.16. The molecule has 0 bridgehead atoms. The molecule has 1 aromatic carbocycles. The van der Waals surface area contributed by atoms with Crippen molar-refractivity contribution in [3.8, 4) is 0 Å². The highest BCUT2D eigenvalue weighted by Crippen LogP contribution is 2.33. The molecule has 1 fully saturated rings. The van der Waals surface area contributed by atoms with Gasteiger partial charge in [0.2, 0.25) is 0 Å². The van der Waals surface area contributed by atoms with Crippen molar-refractivity contribution in [1.82, 2.24) is 0 Å². The van der Waals surface area contributed by atoms with Gasteiger partial charge in [0, 0.05) is 24.8 Å². The lowest BCUT2D eigenvalue weighted by Gasteiger charge is -2.47. The minimum Gasteiger partial charge on any atom is -0.370 e. The Morgan fingerprint density at radius 1 is 1.20 bits per heavy atom. The van der Waals surface area contributed by atoms with Gasteiger partial charge < -0.3 is 10.6 Å². The first-order valence-electron chi connectivity index (χ1n) is 5.58. The van der Waals surface area contributed by atoms with Crippen LogP contribution in [-0.2, 0) is 0 Å². The summed E-state index contributed by atoms with van der Waals surface area (Å²) in [5, 5.41) is 0. The zero-order valence-corrected chi connectivity index (χ0v) is 9.83. The van der Waals surface area contributed by atoms with E-state index in [4.69, 9.17) is 5.73 Å². The average Bonchev–Trinajstić information content (AvgIpc) is 2.14. The van der Waals surface area contributed by atoms with Crippen LogP contribution in [0.1, 0.15) is 32.4 Å². The second kappa shape index (κ2) is 3.53. The number of benzene rings is 1. The third-order valence-electron chi connectivity index (χ3n) is 3.02. The van der Waals surface area contributed by atoms with Gasteiger partial charge in [0.25, 0.3) is 0 Å². The van der Waals surface area contributed by atoms with E-state index in [9.17, 15) is 0 Å². The van der Waals surface area contributed by atoms with E-state index in [1.165, 1.54) is 11.3 Å². The molecule has 2 nitrogen and oxygen atoms in total. The average molecular weight is 204 g/mol. The smallest absolute Gasteiger partial charge is 0.0366 e. The van der Waals surface area contributed by atoms with Crippen LogP contribution in [0.5, 0.6) is 0 Å². The van der Waals surface area contributed by atoms with Crippen LogP contribution in [0.4, 0.5) is 5.69 Å². The molecule has 2 N–H and O–H groups in total. The van der Waals surface area contributed by atoms with Crippen LogP contribution in [0.15, 0.2) is 24.3 Å². The maximum Gasteiger partial charge on any atom is 0.0366 e. The Balaban J connectivity index is 2.06. The molecule has 2 heteroatoms. The first-order valence-corrected chi connectivity index (χ1v) is 5.58. The van der Waals surface area contributed by atoms with Crippen molar-refractivity contribution in [3.63, 3.8) is 0 Å². The molecule has 1 heterocycles. The van der Waals surface area contributed by atoms with Crippen LogP contribution in [0.3, 0.4) is 0 Å². The minimum atomic E-state index is 0.131. The van der Waals surface area contributed by atoms with Gasteiger partial charge in [-0.1, -0.05) is 26.0 Å². The van der Waals surface area contributed by atoms with E-state index in [2.05, 4.69) is 43.0 Å². The fourth-order valence-corrected chi connectivity index (χ4v) is 2.16. The van der Waals surface area contributed by atoms with E-state index in [0.717, 1.165) is 13.1 Å². The lowest BCUT2D eigenvalue weighted by Crippen LogP contribution is -2.53. The van der Waals surface area contributed by atoms with Crippen LogP contribution in [0.25, 0.3) is 0 Å². The maximum atomic E-state index is 5.82. The normalized spacial score (nSPS) is 20.9. The van der Waals surface area contributed by atoms with Gasteiger partial charge in [0.05, 0.1) is 0 Å². The molecule has 1 unspecified atom stereocenters. The van der Waals surface area contributed by atoms with Crippen molar-refractivity contribution < 1.29 is 0 Å². The minimum absolute atomic E-state index is 0.131. The number of rotatable bonds is 2. The Labute approximate surface area is 92.1 Å². The van der Waals surface area contributed by atoms with Crippen molar-refractivity contribution in [2.45, 2.75) is 26.8 Å². The summed E-state index contributed by atoms with van der Waals surface area (Å²) in [4.78, 5) is 2.41. The Morgan fingerprint density at radius 2 is 1.73 bits per heavy atom. The van der Waals surface area contributed by atoms with Gasteiger partial charge >= 0.3 is 0 Å². The highest BCUT2D eigenvalue weighted by atomic mass is 15.2. The van der Waals surface area contributed by atoms with E-state index >= 15 is 0 Å². The summed E-state index contributed by atoms with van der Waals surface area (Å²) in [6.45, 7) is 8.94. The van der Waals surface area contributed by atoms with Gasteiger partial charge in [-0.25, -0.2) is 0 Å². The molecule has 0 aliphatic carbocycles. The molecule has 1 saturated heterocycles. The van der Waals surface area contributed by atoms with E-state index in [1.807, 2.05) is 6.92 Å². The lowest BCUT2D eigenvalue weighted by molar-refractivity contribution is 0.276. The molecule has 1 aromatic rings. The van der Waals surface area contributed by atoms with E-state index in [-0.39, 0.29) is 6.04 Å². The monoisotopic (exact) mass is 204 g/mol. The quantitative estimate of drug-likeness (QED) is 0.802. The number of anilines is 1. The van der Waals surface area contributed by atoms with Crippen LogP contribution in [-0.4, -0.2) is 13.1 Å². The Morgan fingerprint density at radius 3 is 2.13 bits per heavy atom. The summed E-state index contributed by atoms with van der Waals surface area (Å²) >= 11 is 0. The van der Waals surface area contributed by atoms with Crippen LogP contribution in [0.2, 0.25) is 0 Å². The number of nitrogens with two attached hydrogens (primary N) is 1. The van der Waals surface area contributed by atoms with Gasteiger partial charge in [0.1, 0.15) is 0 Å². The van der Waals surface area contributed by atoms with Crippen LogP contribution >= 0.6 is 0 Å². The molecule has 0 aromatic heterocycles. The molecule has 0 saturated carbocycles. The Hall–Kier alpha value is -1.02. The molecule has 82 valence electrons. The number of nitrogens with zero attached hydrogens (tertiary/aromatic N) is 1. The number of hydrogen-bond donors (Lipinski definition) is 1. The zero-order chi connectivity index (χ0) is 11.1. The number of hydrogen-bond acceptors (Lipinski definition) is 2. The van der Waals surface area contributed by atoms with Crippen molar-refractivity contribution in [3.05, 3.63) is 29.8 Å². The van der Waals surface area contributed by atoms with Gasteiger partial charge in [-0.2, -0.15) is 0 Å². The van der Waals surface area contributed by atoms with E-state index in [1.54, 1.807) is 0 Å². The topological polar surface area (TPSA) is 29.3 Å². The fraction of sp³-hybridized carbons (Fsp3) is 0.538. The van der Waals surface area contributed by atoms with Gasteiger partial charge in [0.15, 0.2) is 0 Å². The third-order valence-corrected chi connectivity index (χ3v) is 3.02. The van der Waals surface area contributed by atoms with Crippen LogP contribution < -0.4 is 10.6 Å². The second-order valence-electron chi connectivity index (χ2n) is 5.40. The van der Waals surface area contributed by atoms with Gasteiger partial charge in [-0.05, 0) is 30.0 Å². The van der Waals surface area contributed by atoms with E-state index in [0.29, 0.717) is 5.41 Å². The second-order valence-corrected chi connectivity index (χ2v) is 5.40. The molecule has 1 aliphatic rings. The maximum absolute atomic E-state index is 5.82. The van der Waals surface area contributed by atoms with Crippen molar-refractivity contribution in [2.24, 2.45) is 11.1 Å². The Bertz CT molecular complexity index is 330. The molecule has 2 rings (SSSR count). The summed E-state index contributed by atoms with van der Waals surface area (Å²) in [5.74, 6) is 0. The van der Waals surface area contributed by atoms with Crippen molar-refractivity contribution >= 4 is 5.69 Å². The van der Waals surface area contributed by atoms with Gasteiger partial charge in [-0.15, -0.1) is 0 Å². The van der Waals surface area contributed by atoms with Gasteiger partial charge in [-0.3, -0.25) is 0 Å². The third kappa shape index (κ3) is 2.15. The largest absolute Gasteiger partial charge is 0.370 e. The Kier molecular flexibility index (Phi) is 2.47. The van der Waals surface area contributed by atoms with E-state index < -0.39 is 0 Å². The molecule has 1 aliphatic heterocycles. The summed E-state index contributed by atoms with van der Waals surface area (Å²) in [6, 6.07) is 8.74. The molecule has 15 heavy (non-hydrogen) atoms. The summed E-state index contributed by atoms with van der Waals surface area (Å²) in [7, 11) is 0. The lowest BCUT2D eigenvalue weighted by atomic mass is 9.84. The highest BCUT2D eigenvalue weighted by molar-refractivity contribution is 5.50.